The molecule has 0 aliphatic carbocycles. The number of rotatable bonds is 5. The van der Waals surface area contributed by atoms with Gasteiger partial charge in [-0.2, -0.15) is 0 Å². The minimum absolute atomic E-state index is 0.00641. The smallest absolute Gasteiger partial charge is 0.322 e. The average molecular weight is 375 g/mol. The Labute approximate surface area is 160 Å². The standard InChI is InChI=1S/C20H29N3O4/c1-14(2)22-7-5-16(6-8-22)23-12-15-11-17(3-4-18(15)21-20(23)24)27-13-19-25-9-10-26-19/h3-4,11,14,16,19H,5-10,12-13H2,1-2H3,(H,21,24). The van der Waals surface area contributed by atoms with E-state index in [1.807, 2.05) is 23.1 Å². The fourth-order valence-corrected chi connectivity index (χ4v) is 4.03. The van der Waals surface area contributed by atoms with E-state index in [9.17, 15) is 4.79 Å². The minimum atomic E-state index is -0.289. The lowest BCUT2D eigenvalue weighted by Crippen LogP contribution is -2.51. The third-order valence-electron chi connectivity index (χ3n) is 5.67. The molecule has 1 N–H and O–H groups in total. The molecule has 148 valence electrons. The Morgan fingerprint density at radius 2 is 1.96 bits per heavy atom. The molecule has 27 heavy (non-hydrogen) atoms. The third kappa shape index (κ3) is 4.20. The molecule has 0 atom stereocenters. The van der Waals surface area contributed by atoms with Gasteiger partial charge in [0.1, 0.15) is 12.4 Å². The average Bonchev–Trinajstić information content (AvgIpc) is 3.19. The molecule has 7 heteroatoms. The van der Waals surface area contributed by atoms with Gasteiger partial charge in [0.2, 0.25) is 0 Å². The van der Waals surface area contributed by atoms with Crippen molar-refractivity contribution in [1.29, 1.82) is 0 Å². The zero-order chi connectivity index (χ0) is 18.8. The highest BCUT2D eigenvalue weighted by Gasteiger charge is 2.32. The maximum atomic E-state index is 12.6. The minimum Gasteiger partial charge on any atom is -0.488 e. The van der Waals surface area contributed by atoms with E-state index < -0.39 is 0 Å². The Morgan fingerprint density at radius 1 is 1.22 bits per heavy atom. The van der Waals surface area contributed by atoms with Gasteiger partial charge in [-0.3, -0.25) is 0 Å². The molecule has 4 rings (SSSR count). The van der Waals surface area contributed by atoms with Crippen molar-refractivity contribution in [3.8, 4) is 5.75 Å². The predicted molar refractivity (Wildman–Crippen MR) is 102 cm³/mol. The van der Waals surface area contributed by atoms with E-state index in [1.54, 1.807) is 0 Å². The van der Waals surface area contributed by atoms with E-state index in [1.165, 1.54) is 0 Å². The lowest BCUT2D eigenvalue weighted by Gasteiger charge is -2.41. The van der Waals surface area contributed by atoms with Crippen LogP contribution in [0.5, 0.6) is 5.75 Å². The number of amides is 2. The SMILES string of the molecule is CC(C)N1CCC(N2Cc3cc(OCC4OCCO4)ccc3NC2=O)CC1. The first-order chi connectivity index (χ1) is 13.1. The van der Waals surface area contributed by atoms with Crippen LogP contribution >= 0.6 is 0 Å². The summed E-state index contributed by atoms with van der Waals surface area (Å²) in [6.07, 6.45) is 1.75. The summed E-state index contributed by atoms with van der Waals surface area (Å²) in [4.78, 5) is 17.0. The van der Waals surface area contributed by atoms with Gasteiger partial charge in [0.05, 0.1) is 13.2 Å². The van der Waals surface area contributed by atoms with Crippen molar-refractivity contribution < 1.29 is 19.0 Å². The summed E-state index contributed by atoms with van der Waals surface area (Å²) in [5.74, 6) is 0.776. The number of nitrogens with one attached hydrogen (secondary N) is 1. The van der Waals surface area contributed by atoms with Crippen molar-refractivity contribution in [2.45, 2.75) is 51.6 Å². The monoisotopic (exact) mass is 375 g/mol. The van der Waals surface area contributed by atoms with Gasteiger partial charge in [-0.05, 0) is 50.5 Å². The first-order valence-electron chi connectivity index (χ1n) is 9.91. The van der Waals surface area contributed by atoms with Gasteiger partial charge in [-0.15, -0.1) is 0 Å². The first-order valence-corrected chi connectivity index (χ1v) is 9.91. The van der Waals surface area contributed by atoms with Crippen LogP contribution in [0.3, 0.4) is 0 Å². The highest BCUT2D eigenvalue weighted by molar-refractivity contribution is 5.92. The van der Waals surface area contributed by atoms with E-state index in [-0.39, 0.29) is 18.4 Å². The number of urea groups is 1. The number of fused-ring (bicyclic) bond motifs is 1. The van der Waals surface area contributed by atoms with Crippen molar-refractivity contribution in [3.05, 3.63) is 23.8 Å². The van der Waals surface area contributed by atoms with Crippen molar-refractivity contribution in [1.82, 2.24) is 9.80 Å². The summed E-state index contributed by atoms with van der Waals surface area (Å²) in [5.41, 5.74) is 1.96. The first kappa shape index (κ1) is 18.5. The number of nitrogens with zero attached hydrogens (tertiary/aromatic N) is 2. The van der Waals surface area contributed by atoms with E-state index in [0.717, 1.165) is 42.9 Å². The van der Waals surface area contributed by atoms with Gasteiger partial charge < -0.3 is 29.3 Å². The highest BCUT2D eigenvalue weighted by atomic mass is 16.7. The second-order valence-corrected chi connectivity index (χ2v) is 7.72. The molecule has 2 saturated heterocycles. The fraction of sp³-hybridized carbons (Fsp3) is 0.650. The van der Waals surface area contributed by atoms with Gasteiger partial charge in [-0.1, -0.05) is 0 Å². The number of piperidine rings is 1. The Kier molecular flexibility index (Phi) is 5.52. The van der Waals surface area contributed by atoms with Crippen LogP contribution < -0.4 is 10.1 Å². The zero-order valence-electron chi connectivity index (χ0n) is 16.1. The van der Waals surface area contributed by atoms with Crippen LogP contribution in [0, 0.1) is 0 Å². The van der Waals surface area contributed by atoms with Gasteiger partial charge in [0, 0.05) is 37.4 Å². The number of carbonyl (C=O) groups is 1. The van der Waals surface area contributed by atoms with Gasteiger partial charge in [-0.25, -0.2) is 4.79 Å². The van der Waals surface area contributed by atoms with Crippen molar-refractivity contribution in [2.24, 2.45) is 0 Å². The maximum absolute atomic E-state index is 12.6. The number of likely N-dealkylation sites (tertiary alicyclic amines) is 1. The number of hydrogen-bond acceptors (Lipinski definition) is 5. The molecule has 2 fully saturated rings. The summed E-state index contributed by atoms with van der Waals surface area (Å²) in [7, 11) is 0. The molecule has 3 aliphatic heterocycles. The normalized spacial score (nSPS) is 22.2. The second-order valence-electron chi connectivity index (χ2n) is 7.72. The maximum Gasteiger partial charge on any atom is 0.322 e. The molecule has 2 amide bonds. The van der Waals surface area contributed by atoms with Crippen molar-refractivity contribution >= 4 is 11.7 Å². The lowest BCUT2D eigenvalue weighted by molar-refractivity contribution is -0.0684. The molecule has 3 heterocycles. The molecular formula is C20H29N3O4. The van der Waals surface area contributed by atoms with Crippen LogP contribution in [0.2, 0.25) is 0 Å². The number of carbonyl (C=O) groups excluding carboxylic acids is 1. The van der Waals surface area contributed by atoms with E-state index in [4.69, 9.17) is 14.2 Å². The Hall–Kier alpha value is -1.83. The summed E-state index contributed by atoms with van der Waals surface area (Å²) < 4.78 is 16.6. The molecule has 1 aromatic carbocycles. The van der Waals surface area contributed by atoms with Gasteiger partial charge >= 0.3 is 6.03 Å². The number of anilines is 1. The predicted octanol–water partition coefficient (Wildman–Crippen LogP) is 2.66. The zero-order valence-corrected chi connectivity index (χ0v) is 16.1. The molecule has 0 radical (unpaired) electrons. The van der Waals surface area contributed by atoms with Crippen molar-refractivity contribution in [2.75, 3.05) is 38.2 Å². The molecule has 0 spiro atoms. The van der Waals surface area contributed by atoms with Crippen LogP contribution in [0.1, 0.15) is 32.3 Å². The molecule has 0 aromatic heterocycles. The molecule has 3 aliphatic rings. The van der Waals surface area contributed by atoms with Gasteiger partial charge in [0.25, 0.3) is 0 Å². The van der Waals surface area contributed by atoms with Crippen LogP contribution in [-0.4, -0.2) is 67.1 Å². The topological polar surface area (TPSA) is 63.3 Å². The molecule has 1 aromatic rings. The fourth-order valence-electron chi connectivity index (χ4n) is 4.03. The molecule has 0 bridgehead atoms. The van der Waals surface area contributed by atoms with Crippen LogP contribution in [-0.2, 0) is 16.0 Å². The van der Waals surface area contributed by atoms with E-state index in [2.05, 4.69) is 24.1 Å². The third-order valence-corrected chi connectivity index (χ3v) is 5.67. The highest BCUT2D eigenvalue weighted by Crippen LogP contribution is 2.31. The Morgan fingerprint density at radius 3 is 2.67 bits per heavy atom. The summed E-state index contributed by atoms with van der Waals surface area (Å²) in [6, 6.07) is 6.67. The summed E-state index contributed by atoms with van der Waals surface area (Å²) in [6.45, 7) is 8.79. The van der Waals surface area contributed by atoms with Crippen LogP contribution in [0.15, 0.2) is 18.2 Å². The second kappa shape index (κ2) is 8.04. The molecule has 7 nitrogen and oxygen atoms in total. The Bertz CT molecular complexity index is 667. The number of ether oxygens (including phenoxy) is 3. The van der Waals surface area contributed by atoms with Crippen LogP contribution in [0.25, 0.3) is 0 Å². The molecule has 0 saturated carbocycles. The van der Waals surface area contributed by atoms with Crippen LogP contribution in [0.4, 0.5) is 10.5 Å². The number of hydrogen-bond donors (Lipinski definition) is 1. The lowest BCUT2D eigenvalue weighted by atomic mass is 10.00. The Balaban J connectivity index is 1.39. The summed E-state index contributed by atoms with van der Waals surface area (Å²) >= 11 is 0. The van der Waals surface area contributed by atoms with E-state index in [0.29, 0.717) is 32.4 Å². The molecular weight excluding hydrogens is 346 g/mol. The molecule has 0 unspecified atom stereocenters. The van der Waals surface area contributed by atoms with Crippen molar-refractivity contribution in [3.63, 3.8) is 0 Å². The number of benzene rings is 1. The largest absolute Gasteiger partial charge is 0.488 e. The van der Waals surface area contributed by atoms with Gasteiger partial charge in [0.15, 0.2) is 6.29 Å². The van der Waals surface area contributed by atoms with E-state index >= 15 is 0 Å². The quantitative estimate of drug-likeness (QED) is 0.857. The summed E-state index contributed by atoms with van der Waals surface area (Å²) in [5, 5.41) is 3.03.